The Hall–Kier alpha value is -2.96. The maximum absolute atomic E-state index is 12.6. The lowest BCUT2D eigenvalue weighted by Crippen LogP contribution is -2.71. The summed E-state index contributed by atoms with van der Waals surface area (Å²) in [6, 6.07) is 3.57. The molecule has 1 saturated heterocycles. The minimum Gasteiger partial charge on any atom is -0.481 e. The fraction of sp³-hybridized carbons (Fsp3) is 0.593. The van der Waals surface area contributed by atoms with Gasteiger partial charge in [-0.3, -0.25) is 9.59 Å². The number of likely N-dealkylation sites (tertiary alicyclic amines) is 1. The van der Waals surface area contributed by atoms with E-state index in [2.05, 4.69) is 4.90 Å². The monoisotopic (exact) mass is 559 g/mol. The van der Waals surface area contributed by atoms with Gasteiger partial charge < -0.3 is 29.3 Å². The molecule has 0 aromatic heterocycles. The van der Waals surface area contributed by atoms with E-state index in [1.165, 1.54) is 13.8 Å². The maximum Gasteiger partial charge on any atom is 0.446 e. The van der Waals surface area contributed by atoms with Gasteiger partial charge in [-0.1, -0.05) is 19.6 Å². The second kappa shape index (κ2) is 11.6. The number of aliphatic hydroxyl groups excluding tert-OH is 1. The summed E-state index contributed by atoms with van der Waals surface area (Å²) in [6.07, 6.45) is -4.95. The number of carbonyl (C=O) groups excluding carboxylic acids is 3. The first kappa shape index (κ1) is 32.3. The van der Waals surface area contributed by atoms with Crippen LogP contribution in [-0.2, 0) is 35.9 Å². The quantitative estimate of drug-likeness (QED) is 0.423. The van der Waals surface area contributed by atoms with Crippen LogP contribution in [0.25, 0.3) is 0 Å². The summed E-state index contributed by atoms with van der Waals surface area (Å²) in [5.41, 5.74) is 0.425. The molecular formula is C27H36F3NO8. The number of aldehydes is 1. The number of alkyl halides is 3. The van der Waals surface area contributed by atoms with Gasteiger partial charge in [-0.05, 0) is 52.4 Å². The number of hydrogen-bond acceptors (Lipinski definition) is 9. The van der Waals surface area contributed by atoms with Crippen molar-refractivity contribution in [1.82, 2.24) is 4.90 Å². The molecule has 1 aliphatic carbocycles. The van der Waals surface area contributed by atoms with Crippen LogP contribution in [0.3, 0.4) is 0 Å². The first-order valence-corrected chi connectivity index (χ1v) is 12.1. The lowest BCUT2D eigenvalue weighted by molar-refractivity contribution is -0.171. The number of halogens is 3. The maximum atomic E-state index is 12.6. The molecule has 5 atom stereocenters. The SMILES string of the molecule is C.CC(=O)O[C@@H](C)C(=O)OC1=CC[C@@]2(O)[C@@H](C)N(C)CC[C@@]23c2c(C)ccc(CO)c2O[C@@H]13.O=CC(F)(F)F. The van der Waals surface area contributed by atoms with Crippen molar-refractivity contribution in [2.45, 2.75) is 90.0 Å². The van der Waals surface area contributed by atoms with Gasteiger partial charge in [0.2, 0.25) is 6.29 Å². The molecule has 9 nitrogen and oxygen atoms in total. The summed E-state index contributed by atoms with van der Waals surface area (Å²) >= 11 is 0. The van der Waals surface area contributed by atoms with Crippen LogP contribution >= 0.6 is 0 Å². The van der Waals surface area contributed by atoms with E-state index in [1.807, 2.05) is 33.0 Å². The molecule has 0 radical (unpaired) electrons. The summed E-state index contributed by atoms with van der Waals surface area (Å²) < 4.78 is 48.3. The molecule has 0 saturated carbocycles. The van der Waals surface area contributed by atoms with Crippen LogP contribution in [0, 0.1) is 6.92 Å². The Morgan fingerprint density at radius 3 is 2.49 bits per heavy atom. The van der Waals surface area contributed by atoms with Crippen LogP contribution in [0.4, 0.5) is 13.2 Å². The van der Waals surface area contributed by atoms with Gasteiger partial charge in [-0.15, -0.1) is 0 Å². The molecule has 0 unspecified atom stereocenters. The average molecular weight is 560 g/mol. The Morgan fingerprint density at radius 1 is 1.33 bits per heavy atom. The summed E-state index contributed by atoms with van der Waals surface area (Å²) in [7, 11) is 1.98. The molecular weight excluding hydrogens is 523 g/mol. The van der Waals surface area contributed by atoms with Crippen molar-refractivity contribution in [3.05, 3.63) is 40.7 Å². The van der Waals surface area contributed by atoms with E-state index in [0.29, 0.717) is 23.5 Å². The lowest BCUT2D eigenvalue weighted by atomic mass is 9.54. The molecule has 4 rings (SSSR count). The van der Waals surface area contributed by atoms with Gasteiger partial charge >= 0.3 is 18.1 Å². The molecule has 2 N–H and O–H groups in total. The molecule has 2 heterocycles. The Morgan fingerprint density at radius 2 is 1.95 bits per heavy atom. The third-order valence-electron chi connectivity index (χ3n) is 7.63. The Labute approximate surface area is 225 Å². The van der Waals surface area contributed by atoms with E-state index in [1.54, 1.807) is 6.08 Å². The number of aliphatic hydroxyl groups is 2. The molecule has 39 heavy (non-hydrogen) atoms. The fourth-order valence-electron chi connectivity index (χ4n) is 5.70. The summed E-state index contributed by atoms with van der Waals surface area (Å²) in [4.78, 5) is 34.7. The first-order chi connectivity index (χ1) is 17.6. The van der Waals surface area contributed by atoms with Crippen LogP contribution in [0.2, 0.25) is 0 Å². The number of aryl methyl sites for hydroxylation is 1. The number of carbonyl (C=O) groups is 3. The molecule has 218 valence electrons. The predicted octanol–water partition coefficient (Wildman–Crippen LogP) is 3.11. The van der Waals surface area contributed by atoms with Crippen molar-refractivity contribution < 1.29 is 52.0 Å². The van der Waals surface area contributed by atoms with E-state index >= 15 is 0 Å². The highest BCUT2D eigenvalue weighted by Crippen LogP contribution is 2.61. The number of piperidine rings is 1. The van der Waals surface area contributed by atoms with Gasteiger partial charge in [-0.25, -0.2) is 4.79 Å². The topological polar surface area (TPSA) is 123 Å². The number of benzene rings is 1. The number of esters is 2. The van der Waals surface area contributed by atoms with Gasteiger partial charge in [0.05, 0.1) is 17.6 Å². The minimum absolute atomic E-state index is 0. The zero-order valence-electron chi connectivity index (χ0n) is 21.8. The second-order valence-corrected chi connectivity index (χ2v) is 9.85. The number of ether oxygens (including phenoxy) is 3. The number of likely N-dealkylation sites (N-methyl/N-ethyl adjacent to an activating group) is 1. The summed E-state index contributed by atoms with van der Waals surface area (Å²) in [5.74, 6) is -0.430. The number of fused-ring (bicyclic) bond motifs is 1. The van der Waals surface area contributed by atoms with E-state index in [9.17, 15) is 33.0 Å². The molecule has 1 aromatic carbocycles. The van der Waals surface area contributed by atoms with E-state index in [0.717, 1.165) is 17.7 Å². The van der Waals surface area contributed by atoms with Gasteiger partial charge in [0.15, 0.2) is 12.2 Å². The van der Waals surface area contributed by atoms with Crippen LogP contribution in [0.1, 0.15) is 57.7 Å². The highest BCUT2D eigenvalue weighted by molar-refractivity contribution is 5.79. The molecule has 1 aromatic rings. The Kier molecular flexibility index (Phi) is 9.63. The predicted molar refractivity (Wildman–Crippen MR) is 134 cm³/mol. The Bertz CT molecular complexity index is 1140. The van der Waals surface area contributed by atoms with Crippen LogP contribution in [0.15, 0.2) is 24.0 Å². The smallest absolute Gasteiger partial charge is 0.446 e. The molecule has 2 aliphatic heterocycles. The Balaban J connectivity index is 0.000000687. The van der Waals surface area contributed by atoms with Gasteiger partial charge in [0.25, 0.3) is 0 Å². The van der Waals surface area contributed by atoms with E-state index in [4.69, 9.17) is 19.0 Å². The van der Waals surface area contributed by atoms with Crippen molar-refractivity contribution >= 4 is 18.2 Å². The lowest BCUT2D eigenvalue weighted by Gasteiger charge is -2.58. The molecule has 12 heteroatoms. The van der Waals surface area contributed by atoms with Gasteiger partial charge in [0.1, 0.15) is 11.5 Å². The van der Waals surface area contributed by atoms with Crippen molar-refractivity contribution in [3.8, 4) is 5.75 Å². The van der Waals surface area contributed by atoms with Crippen molar-refractivity contribution in [1.29, 1.82) is 0 Å². The standard InChI is InChI=1S/C24H31NO7.C2HF3O.CH4/c1-13-6-7-17(12-26)20-19(13)23-10-11-25(5)15(3)24(23,29)9-8-18(21(23)32-20)31-22(28)14(2)30-16(4)27;3-2(4,5)1-6;/h6-8,14-15,21,26,29H,9-12H2,1-5H3;1H;1H4/t14-,15+,21-,23-,24+;;/m0../s1. The van der Waals surface area contributed by atoms with Crippen molar-refractivity contribution in [2.24, 2.45) is 0 Å². The number of hydrogen-bond donors (Lipinski definition) is 2. The zero-order valence-corrected chi connectivity index (χ0v) is 21.8. The first-order valence-electron chi connectivity index (χ1n) is 12.1. The van der Waals surface area contributed by atoms with Crippen LogP contribution < -0.4 is 4.74 Å². The van der Waals surface area contributed by atoms with Crippen molar-refractivity contribution in [2.75, 3.05) is 13.6 Å². The fourth-order valence-corrected chi connectivity index (χ4v) is 5.70. The highest BCUT2D eigenvalue weighted by Gasteiger charge is 2.69. The second-order valence-electron chi connectivity index (χ2n) is 9.85. The minimum atomic E-state index is -4.64. The summed E-state index contributed by atoms with van der Waals surface area (Å²) in [5, 5.41) is 22.1. The summed E-state index contributed by atoms with van der Waals surface area (Å²) in [6.45, 7) is 7.16. The molecule has 0 amide bonds. The molecule has 3 aliphatic rings. The largest absolute Gasteiger partial charge is 0.481 e. The van der Waals surface area contributed by atoms with Crippen LogP contribution in [-0.4, -0.2) is 77.0 Å². The highest BCUT2D eigenvalue weighted by atomic mass is 19.4. The van der Waals surface area contributed by atoms with E-state index < -0.39 is 47.6 Å². The average Bonchev–Trinajstić information content (AvgIpc) is 3.21. The van der Waals surface area contributed by atoms with Crippen LogP contribution in [0.5, 0.6) is 5.75 Å². The van der Waals surface area contributed by atoms with Gasteiger partial charge in [0, 0.05) is 30.5 Å². The molecule has 1 spiro atoms. The number of nitrogens with zero attached hydrogens (tertiary/aromatic N) is 1. The third-order valence-corrected chi connectivity index (χ3v) is 7.63. The molecule has 0 bridgehead atoms. The molecule has 1 fully saturated rings. The zero-order chi connectivity index (χ0) is 28.6. The van der Waals surface area contributed by atoms with Gasteiger partial charge in [-0.2, -0.15) is 13.2 Å². The number of rotatable bonds is 4. The third kappa shape index (κ3) is 5.68. The van der Waals surface area contributed by atoms with Crippen molar-refractivity contribution in [3.63, 3.8) is 0 Å². The normalized spacial score (nSPS) is 28.0. The van der Waals surface area contributed by atoms with E-state index in [-0.39, 0.29) is 26.5 Å².